The third-order valence-electron chi connectivity index (χ3n) is 5.37. The molecule has 2 aromatic heterocycles. The Morgan fingerprint density at radius 1 is 1.21 bits per heavy atom. The van der Waals surface area contributed by atoms with E-state index >= 15 is 0 Å². The average molecular weight is 399 g/mol. The summed E-state index contributed by atoms with van der Waals surface area (Å²) in [6.45, 7) is 9.56. The van der Waals surface area contributed by atoms with Crippen LogP contribution in [0.3, 0.4) is 0 Å². The molecule has 3 heterocycles. The summed E-state index contributed by atoms with van der Waals surface area (Å²) in [5, 5.41) is 0.994. The average Bonchev–Trinajstić information content (AvgIpc) is 3.20. The molecule has 0 bridgehead atoms. The van der Waals surface area contributed by atoms with E-state index in [0.29, 0.717) is 13.1 Å². The van der Waals surface area contributed by atoms with Gasteiger partial charge in [-0.25, -0.2) is 9.78 Å². The molecule has 0 atom stereocenters. The minimum absolute atomic E-state index is 0.0581. The van der Waals surface area contributed by atoms with Crippen LogP contribution in [0.1, 0.15) is 60.0 Å². The number of nitrogens with one attached hydrogen (secondary N) is 1. The molecule has 1 fully saturated rings. The molecule has 1 aromatic carbocycles. The number of fused-ring (bicyclic) bond motifs is 1. The van der Waals surface area contributed by atoms with Crippen molar-refractivity contribution in [2.24, 2.45) is 0 Å². The van der Waals surface area contributed by atoms with Gasteiger partial charge < -0.3 is 9.88 Å². The molecular formula is C21H26N4O2S. The molecule has 0 saturated carbocycles. The van der Waals surface area contributed by atoms with Gasteiger partial charge in [-0.1, -0.05) is 32.9 Å². The summed E-state index contributed by atoms with van der Waals surface area (Å²) in [4.78, 5) is 35.7. The van der Waals surface area contributed by atoms with Crippen molar-refractivity contribution in [2.45, 2.75) is 52.0 Å². The van der Waals surface area contributed by atoms with Crippen LogP contribution in [-0.2, 0) is 5.41 Å². The van der Waals surface area contributed by atoms with E-state index in [-0.39, 0.29) is 23.1 Å². The number of nitrogens with zero attached hydrogens (tertiary/aromatic N) is 3. The van der Waals surface area contributed by atoms with Crippen molar-refractivity contribution >= 4 is 28.3 Å². The number of amides is 1. The molecule has 6 nitrogen and oxygen atoms in total. The van der Waals surface area contributed by atoms with Crippen LogP contribution in [0.4, 0.5) is 0 Å². The van der Waals surface area contributed by atoms with Gasteiger partial charge in [0.15, 0.2) is 0 Å². The molecule has 28 heavy (non-hydrogen) atoms. The number of aryl methyl sites for hydroxylation is 1. The number of thiazole rings is 1. The highest BCUT2D eigenvalue weighted by Crippen LogP contribution is 2.31. The second-order valence-electron chi connectivity index (χ2n) is 8.52. The Morgan fingerprint density at radius 3 is 2.54 bits per heavy atom. The topological polar surface area (TPSA) is 71.0 Å². The van der Waals surface area contributed by atoms with E-state index in [1.807, 2.05) is 40.7 Å². The molecule has 4 rings (SSSR count). The molecule has 1 N–H and O–H groups in total. The molecule has 0 unspecified atom stereocenters. The van der Waals surface area contributed by atoms with Gasteiger partial charge in [0.2, 0.25) is 0 Å². The Kier molecular flexibility index (Phi) is 4.65. The number of hydrogen-bond donors (Lipinski definition) is 1. The van der Waals surface area contributed by atoms with Gasteiger partial charge in [-0.15, -0.1) is 11.3 Å². The predicted octanol–water partition coefficient (Wildman–Crippen LogP) is 3.87. The van der Waals surface area contributed by atoms with E-state index in [0.717, 1.165) is 39.5 Å². The molecule has 0 aliphatic carbocycles. The largest absolute Gasteiger partial charge is 0.338 e. The normalized spacial score (nSPS) is 16.1. The van der Waals surface area contributed by atoms with Crippen molar-refractivity contribution < 1.29 is 4.79 Å². The first-order valence-electron chi connectivity index (χ1n) is 9.72. The Balaban J connectivity index is 1.51. The minimum atomic E-state index is -0.0703. The number of H-pyrrole nitrogens is 1. The number of imidazole rings is 1. The molecule has 0 spiro atoms. The molecule has 1 saturated heterocycles. The zero-order valence-electron chi connectivity index (χ0n) is 16.8. The second kappa shape index (κ2) is 6.88. The van der Waals surface area contributed by atoms with Gasteiger partial charge >= 0.3 is 5.69 Å². The molecule has 3 aromatic rings. The highest BCUT2D eigenvalue weighted by Gasteiger charge is 2.30. The lowest BCUT2D eigenvalue weighted by molar-refractivity contribution is 0.0699. The van der Waals surface area contributed by atoms with Crippen LogP contribution in [0.5, 0.6) is 0 Å². The smallest absolute Gasteiger partial charge is 0.326 e. The molecule has 0 radical (unpaired) electrons. The van der Waals surface area contributed by atoms with Crippen LogP contribution in [0.15, 0.2) is 29.1 Å². The molecule has 1 amide bonds. The van der Waals surface area contributed by atoms with E-state index < -0.39 is 0 Å². The van der Waals surface area contributed by atoms with Gasteiger partial charge in [0.05, 0.1) is 21.7 Å². The van der Waals surface area contributed by atoms with E-state index in [2.05, 4.69) is 30.7 Å². The third kappa shape index (κ3) is 3.28. The van der Waals surface area contributed by atoms with Gasteiger partial charge in [-0.3, -0.25) is 9.36 Å². The van der Waals surface area contributed by atoms with Gasteiger partial charge in [0, 0.05) is 24.5 Å². The fourth-order valence-electron chi connectivity index (χ4n) is 3.82. The van der Waals surface area contributed by atoms with Crippen LogP contribution in [0, 0.1) is 6.92 Å². The molecular weight excluding hydrogens is 372 g/mol. The quantitative estimate of drug-likeness (QED) is 0.712. The van der Waals surface area contributed by atoms with E-state index in [9.17, 15) is 9.59 Å². The van der Waals surface area contributed by atoms with Gasteiger partial charge in [0.25, 0.3) is 5.91 Å². The fraction of sp³-hybridized carbons (Fsp3) is 0.476. The lowest BCUT2D eigenvalue weighted by Crippen LogP contribution is -2.40. The minimum Gasteiger partial charge on any atom is -0.338 e. The van der Waals surface area contributed by atoms with Crippen molar-refractivity contribution in [2.75, 3.05) is 13.1 Å². The Labute approximate surface area is 168 Å². The number of aromatic amines is 1. The summed E-state index contributed by atoms with van der Waals surface area (Å²) in [7, 11) is 0. The zero-order valence-corrected chi connectivity index (χ0v) is 17.6. The van der Waals surface area contributed by atoms with Gasteiger partial charge in [0.1, 0.15) is 4.88 Å². The van der Waals surface area contributed by atoms with Crippen LogP contribution in [0.2, 0.25) is 0 Å². The third-order valence-corrected chi connectivity index (χ3v) is 6.94. The lowest BCUT2D eigenvalue weighted by atomic mass is 9.98. The Morgan fingerprint density at radius 2 is 1.89 bits per heavy atom. The van der Waals surface area contributed by atoms with Crippen LogP contribution >= 0.6 is 11.3 Å². The number of benzene rings is 1. The predicted molar refractivity (Wildman–Crippen MR) is 112 cm³/mol. The fourth-order valence-corrected chi connectivity index (χ4v) is 4.92. The van der Waals surface area contributed by atoms with Crippen molar-refractivity contribution in [3.05, 3.63) is 50.3 Å². The van der Waals surface area contributed by atoms with Crippen molar-refractivity contribution in [3.63, 3.8) is 0 Å². The van der Waals surface area contributed by atoms with Gasteiger partial charge in [-0.05, 0) is 31.9 Å². The summed E-state index contributed by atoms with van der Waals surface area (Å²) in [6.07, 6.45) is 1.55. The number of aromatic nitrogens is 3. The number of piperidine rings is 1. The number of para-hydroxylation sites is 2. The Bertz CT molecular complexity index is 1080. The van der Waals surface area contributed by atoms with Gasteiger partial charge in [-0.2, -0.15) is 0 Å². The van der Waals surface area contributed by atoms with Crippen molar-refractivity contribution in [1.29, 1.82) is 0 Å². The zero-order chi connectivity index (χ0) is 20.1. The van der Waals surface area contributed by atoms with E-state index in [1.165, 1.54) is 11.3 Å². The summed E-state index contributed by atoms with van der Waals surface area (Å²) >= 11 is 1.51. The van der Waals surface area contributed by atoms with E-state index in [4.69, 9.17) is 0 Å². The first kappa shape index (κ1) is 18.9. The summed E-state index contributed by atoms with van der Waals surface area (Å²) in [6, 6.07) is 7.88. The van der Waals surface area contributed by atoms with Crippen LogP contribution < -0.4 is 5.69 Å². The molecule has 148 valence electrons. The highest BCUT2D eigenvalue weighted by molar-refractivity contribution is 7.14. The molecule has 1 aliphatic heterocycles. The van der Waals surface area contributed by atoms with Crippen LogP contribution in [0.25, 0.3) is 11.0 Å². The second-order valence-corrected chi connectivity index (χ2v) is 9.52. The number of rotatable bonds is 2. The number of hydrogen-bond acceptors (Lipinski definition) is 4. The Hall–Kier alpha value is -2.41. The highest BCUT2D eigenvalue weighted by atomic mass is 32.1. The van der Waals surface area contributed by atoms with Crippen molar-refractivity contribution in [3.8, 4) is 0 Å². The maximum absolute atomic E-state index is 13.1. The first-order chi connectivity index (χ1) is 13.3. The summed E-state index contributed by atoms with van der Waals surface area (Å²) in [5.41, 5.74) is 2.48. The van der Waals surface area contributed by atoms with Crippen LogP contribution in [-0.4, -0.2) is 38.4 Å². The molecule has 7 heteroatoms. The monoisotopic (exact) mass is 398 g/mol. The first-order valence-corrected chi connectivity index (χ1v) is 10.5. The maximum Gasteiger partial charge on any atom is 0.326 e. The molecule has 1 aliphatic rings. The summed E-state index contributed by atoms with van der Waals surface area (Å²) in [5.74, 6) is 0.0650. The number of carbonyl (C=O) groups excluding carboxylic acids is 1. The lowest BCUT2D eigenvalue weighted by Gasteiger charge is -2.32. The number of likely N-dealkylation sites (tertiary alicyclic amines) is 1. The van der Waals surface area contributed by atoms with Crippen molar-refractivity contribution in [1.82, 2.24) is 19.4 Å². The maximum atomic E-state index is 13.1. The standard InChI is InChI=1S/C21H26N4O2S/c1-13-17(28-19(22-13)21(2,3)4)18(26)24-11-9-14(10-12-24)25-16-8-6-5-7-15(16)23-20(25)27/h5-8,14H,9-12H2,1-4H3,(H,23,27). The SMILES string of the molecule is Cc1nc(C(C)(C)C)sc1C(=O)N1CCC(n2c(=O)[nH]c3ccccc32)CC1. The number of carbonyl (C=O) groups is 1. The van der Waals surface area contributed by atoms with E-state index in [1.54, 1.807) is 0 Å². The summed E-state index contributed by atoms with van der Waals surface area (Å²) < 4.78 is 1.85.